The van der Waals surface area contributed by atoms with Crippen molar-refractivity contribution in [1.29, 1.82) is 0 Å². The highest BCUT2D eigenvalue weighted by molar-refractivity contribution is 6.36. The van der Waals surface area contributed by atoms with Crippen LogP contribution in [0.15, 0.2) is 23.2 Å². The number of hydrogen-bond donors (Lipinski definition) is 2. The van der Waals surface area contributed by atoms with Crippen molar-refractivity contribution in [3.05, 3.63) is 33.8 Å². The number of aliphatic hydroxyl groups is 1. The van der Waals surface area contributed by atoms with Crippen LogP contribution in [0, 0.1) is 0 Å². The molecule has 1 aliphatic heterocycles. The van der Waals surface area contributed by atoms with Crippen LogP contribution in [0.3, 0.4) is 0 Å². The molecule has 1 heterocycles. The van der Waals surface area contributed by atoms with Crippen molar-refractivity contribution in [2.24, 2.45) is 4.99 Å². The van der Waals surface area contributed by atoms with Crippen LogP contribution in [0.4, 0.5) is 0 Å². The normalized spacial score (nSPS) is 19.3. The number of guanidine groups is 1. The van der Waals surface area contributed by atoms with Crippen LogP contribution in [0.2, 0.25) is 10.0 Å². The lowest BCUT2D eigenvalue weighted by atomic mass is 9.84. The summed E-state index contributed by atoms with van der Waals surface area (Å²) in [7, 11) is 0. The number of nitrogens with zero attached hydrogens (tertiary/aromatic N) is 2. The smallest absolute Gasteiger partial charge is 0.194 e. The molecule has 1 saturated heterocycles. The lowest BCUT2D eigenvalue weighted by Crippen LogP contribution is -2.41. The summed E-state index contributed by atoms with van der Waals surface area (Å²) in [6.45, 7) is 9.01. The molecule has 23 heavy (non-hydrogen) atoms. The van der Waals surface area contributed by atoms with Crippen molar-refractivity contribution in [3.8, 4) is 0 Å². The monoisotopic (exact) mass is 357 g/mol. The Bertz CT molecular complexity index is 555. The fraction of sp³-hybridized carbons (Fsp3) is 0.588. The van der Waals surface area contributed by atoms with Gasteiger partial charge in [-0.2, -0.15) is 0 Å². The molecule has 1 fully saturated rings. The van der Waals surface area contributed by atoms with Gasteiger partial charge in [-0.15, -0.1) is 0 Å². The lowest BCUT2D eigenvalue weighted by molar-refractivity contribution is 0.187. The van der Waals surface area contributed by atoms with Crippen LogP contribution in [0.25, 0.3) is 0 Å². The first kappa shape index (κ1) is 18.4. The van der Waals surface area contributed by atoms with E-state index in [1.807, 2.05) is 25.1 Å². The second kappa shape index (κ2) is 7.73. The zero-order chi connectivity index (χ0) is 17.0. The van der Waals surface area contributed by atoms with E-state index < -0.39 is 0 Å². The molecule has 0 aromatic heterocycles. The van der Waals surface area contributed by atoms with E-state index in [2.05, 4.69) is 24.1 Å². The maximum absolute atomic E-state index is 9.74. The van der Waals surface area contributed by atoms with Crippen LogP contribution in [0.5, 0.6) is 0 Å². The SMILES string of the molecule is CCNC(=NCC(C)(C)c1c(Cl)cccc1Cl)N1CC[C@@H](O)C1. The van der Waals surface area contributed by atoms with E-state index in [-0.39, 0.29) is 11.5 Å². The van der Waals surface area contributed by atoms with Crippen molar-refractivity contribution in [1.82, 2.24) is 10.2 Å². The first-order valence-corrected chi connectivity index (χ1v) is 8.76. The fourth-order valence-corrected chi connectivity index (χ4v) is 3.76. The van der Waals surface area contributed by atoms with Gasteiger partial charge in [-0.05, 0) is 31.0 Å². The van der Waals surface area contributed by atoms with E-state index in [1.54, 1.807) is 0 Å². The van der Waals surface area contributed by atoms with Crippen LogP contribution in [-0.2, 0) is 5.41 Å². The topological polar surface area (TPSA) is 47.9 Å². The Morgan fingerprint density at radius 1 is 1.39 bits per heavy atom. The van der Waals surface area contributed by atoms with E-state index in [9.17, 15) is 5.11 Å². The van der Waals surface area contributed by atoms with Crippen molar-refractivity contribution >= 4 is 29.2 Å². The maximum atomic E-state index is 9.74. The Morgan fingerprint density at radius 3 is 2.57 bits per heavy atom. The van der Waals surface area contributed by atoms with Gasteiger partial charge in [-0.1, -0.05) is 43.1 Å². The summed E-state index contributed by atoms with van der Waals surface area (Å²) < 4.78 is 0. The van der Waals surface area contributed by atoms with Crippen LogP contribution < -0.4 is 5.32 Å². The summed E-state index contributed by atoms with van der Waals surface area (Å²) in [6.07, 6.45) is 0.509. The number of halogens is 2. The number of likely N-dealkylation sites (tertiary alicyclic amines) is 1. The number of β-amino-alcohol motifs (C(OH)–C–C–N with tert-alkyl or cyclic N) is 1. The molecule has 1 atom stereocenters. The standard InChI is InChI=1S/C17H25Cl2N3O/c1-4-20-16(22-9-8-12(23)10-22)21-11-17(2,3)15-13(18)6-5-7-14(15)19/h5-7,12,23H,4,8-11H2,1-3H3,(H,20,21)/t12-/m1/s1. The Balaban J connectivity index is 2.20. The molecule has 1 aromatic rings. The number of aliphatic hydroxyl groups excluding tert-OH is 1. The summed E-state index contributed by atoms with van der Waals surface area (Å²) in [6, 6.07) is 5.57. The predicted octanol–water partition coefficient (Wildman–Crippen LogP) is 3.30. The lowest BCUT2D eigenvalue weighted by Gasteiger charge is -2.27. The summed E-state index contributed by atoms with van der Waals surface area (Å²) in [5, 5.41) is 14.4. The van der Waals surface area contributed by atoms with Gasteiger partial charge in [-0.3, -0.25) is 4.99 Å². The van der Waals surface area contributed by atoms with Gasteiger partial charge in [-0.25, -0.2) is 0 Å². The average Bonchev–Trinajstić information content (AvgIpc) is 2.89. The molecule has 0 amide bonds. The molecule has 0 radical (unpaired) electrons. The number of hydrogen-bond acceptors (Lipinski definition) is 2. The molecule has 128 valence electrons. The van der Waals surface area contributed by atoms with Gasteiger partial charge in [0.15, 0.2) is 5.96 Å². The Morgan fingerprint density at radius 2 is 2.04 bits per heavy atom. The molecule has 6 heteroatoms. The van der Waals surface area contributed by atoms with Gasteiger partial charge in [0.1, 0.15) is 0 Å². The van der Waals surface area contributed by atoms with E-state index in [4.69, 9.17) is 28.2 Å². The van der Waals surface area contributed by atoms with Crippen molar-refractivity contribution in [3.63, 3.8) is 0 Å². The summed E-state index contributed by atoms with van der Waals surface area (Å²) >= 11 is 12.7. The quantitative estimate of drug-likeness (QED) is 0.641. The molecule has 1 aromatic carbocycles. The molecule has 0 saturated carbocycles. The Kier molecular flexibility index (Phi) is 6.18. The fourth-order valence-electron chi connectivity index (χ4n) is 2.86. The second-order valence-electron chi connectivity index (χ2n) is 6.54. The molecular formula is C17H25Cl2N3O. The number of benzene rings is 1. The summed E-state index contributed by atoms with van der Waals surface area (Å²) in [5.74, 6) is 0.834. The van der Waals surface area contributed by atoms with E-state index in [0.717, 1.165) is 31.0 Å². The predicted molar refractivity (Wildman–Crippen MR) is 97.7 cm³/mol. The van der Waals surface area contributed by atoms with Gasteiger partial charge in [0.05, 0.1) is 12.6 Å². The minimum atomic E-state index is -0.283. The average molecular weight is 358 g/mol. The first-order valence-electron chi connectivity index (χ1n) is 8.01. The molecular weight excluding hydrogens is 333 g/mol. The van der Waals surface area contributed by atoms with Crippen LogP contribution in [-0.4, -0.2) is 48.2 Å². The van der Waals surface area contributed by atoms with E-state index >= 15 is 0 Å². The number of aliphatic imine (C=N–C) groups is 1. The van der Waals surface area contributed by atoms with Crippen LogP contribution >= 0.6 is 23.2 Å². The van der Waals surface area contributed by atoms with Crippen molar-refractivity contribution < 1.29 is 5.11 Å². The molecule has 0 bridgehead atoms. The molecule has 2 N–H and O–H groups in total. The Labute approximate surface area is 148 Å². The highest BCUT2D eigenvalue weighted by Gasteiger charge is 2.28. The molecule has 0 unspecified atom stereocenters. The van der Waals surface area contributed by atoms with Gasteiger partial charge in [0.25, 0.3) is 0 Å². The van der Waals surface area contributed by atoms with E-state index in [0.29, 0.717) is 23.1 Å². The van der Waals surface area contributed by atoms with Gasteiger partial charge in [0, 0.05) is 35.1 Å². The highest BCUT2D eigenvalue weighted by Crippen LogP contribution is 2.35. The molecule has 2 rings (SSSR count). The second-order valence-corrected chi connectivity index (χ2v) is 7.35. The molecule has 0 spiro atoms. The highest BCUT2D eigenvalue weighted by atomic mass is 35.5. The van der Waals surface area contributed by atoms with Crippen molar-refractivity contribution in [2.45, 2.75) is 38.7 Å². The maximum Gasteiger partial charge on any atom is 0.194 e. The van der Waals surface area contributed by atoms with Gasteiger partial charge in [0.2, 0.25) is 0 Å². The zero-order valence-corrected chi connectivity index (χ0v) is 15.5. The molecule has 0 aliphatic carbocycles. The third-order valence-electron chi connectivity index (χ3n) is 4.06. The van der Waals surface area contributed by atoms with Gasteiger partial charge < -0.3 is 15.3 Å². The first-order chi connectivity index (χ1) is 10.8. The molecule has 1 aliphatic rings. The largest absolute Gasteiger partial charge is 0.391 e. The summed E-state index contributed by atoms with van der Waals surface area (Å²) in [4.78, 5) is 6.86. The third kappa shape index (κ3) is 4.52. The summed E-state index contributed by atoms with van der Waals surface area (Å²) in [5.41, 5.74) is 0.637. The number of nitrogens with one attached hydrogen (secondary N) is 1. The third-order valence-corrected chi connectivity index (χ3v) is 4.69. The van der Waals surface area contributed by atoms with Gasteiger partial charge >= 0.3 is 0 Å². The van der Waals surface area contributed by atoms with Crippen molar-refractivity contribution in [2.75, 3.05) is 26.2 Å². The Hall–Kier alpha value is -0.970. The van der Waals surface area contributed by atoms with E-state index in [1.165, 1.54) is 0 Å². The minimum Gasteiger partial charge on any atom is -0.391 e. The molecule has 4 nitrogen and oxygen atoms in total. The van der Waals surface area contributed by atoms with Crippen LogP contribution in [0.1, 0.15) is 32.8 Å². The number of rotatable bonds is 4. The zero-order valence-electron chi connectivity index (χ0n) is 13.9. The minimum absolute atomic E-state index is 0.273.